The lowest BCUT2D eigenvalue weighted by Gasteiger charge is -2.36. The number of hydrogen-bond acceptors (Lipinski definition) is 4. The summed E-state index contributed by atoms with van der Waals surface area (Å²) in [6.45, 7) is 3.00. The highest BCUT2D eigenvalue weighted by atomic mass is 79.9. The van der Waals surface area contributed by atoms with E-state index < -0.39 is 9.84 Å². The summed E-state index contributed by atoms with van der Waals surface area (Å²) >= 11 is 3.37. The van der Waals surface area contributed by atoms with E-state index in [-0.39, 0.29) is 23.0 Å². The normalized spacial score (nSPS) is 23.1. The molecule has 1 fully saturated rings. The van der Waals surface area contributed by atoms with Crippen LogP contribution in [0.5, 0.6) is 0 Å². The smallest absolute Gasteiger partial charge is 0.254 e. The lowest BCUT2D eigenvalue weighted by atomic mass is 10.1. The van der Waals surface area contributed by atoms with Crippen LogP contribution in [0.3, 0.4) is 0 Å². The van der Waals surface area contributed by atoms with E-state index in [1.807, 2.05) is 6.92 Å². The van der Waals surface area contributed by atoms with Gasteiger partial charge in [-0.3, -0.25) is 4.79 Å². The molecule has 5 nitrogen and oxygen atoms in total. The van der Waals surface area contributed by atoms with Gasteiger partial charge in [0.2, 0.25) is 0 Å². The molecule has 0 aromatic heterocycles. The van der Waals surface area contributed by atoms with E-state index in [1.165, 1.54) is 12.1 Å². The number of rotatable bonds is 3. The summed E-state index contributed by atoms with van der Waals surface area (Å²) in [6.07, 6.45) is 1.11. The average molecular weight is 376 g/mol. The largest absolute Gasteiger partial charge is 0.371 e. The molecule has 0 saturated carbocycles. The monoisotopic (exact) mass is 375 g/mol. The van der Waals surface area contributed by atoms with Crippen LogP contribution in [0.15, 0.2) is 29.2 Å². The molecule has 2 atom stereocenters. The molecule has 1 aliphatic rings. The van der Waals surface area contributed by atoms with Gasteiger partial charge in [-0.15, -0.1) is 0 Å². The topological polar surface area (TPSA) is 63.7 Å². The van der Waals surface area contributed by atoms with Crippen LogP contribution in [0.25, 0.3) is 0 Å². The van der Waals surface area contributed by atoms with Crippen molar-refractivity contribution >= 4 is 31.7 Å². The Bertz CT molecular complexity index is 614. The molecule has 0 radical (unpaired) electrons. The molecule has 0 spiro atoms. The Morgan fingerprint density at radius 1 is 1.33 bits per heavy atom. The van der Waals surface area contributed by atoms with Gasteiger partial charge < -0.3 is 9.64 Å². The maximum absolute atomic E-state index is 12.5. The Morgan fingerprint density at radius 3 is 2.48 bits per heavy atom. The molecule has 1 aromatic rings. The number of sulfone groups is 1. The van der Waals surface area contributed by atoms with Crippen molar-refractivity contribution in [1.29, 1.82) is 0 Å². The summed E-state index contributed by atoms with van der Waals surface area (Å²) in [6, 6.07) is 6.05. The molecule has 1 heterocycles. The lowest BCUT2D eigenvalue weighted by molar-refractivity contribution is -0.0559. The summed E-state index contributed by atoms with van der Waals surface area (Å²) in [5.74, 6) is -0.101. The molecule has 21 heavy (non-hydrogen) atoms. The number of halogens is 1. The SMILES string of the molecule is CC1CN(C(=O)c2ccc(S(C)(=O)=O)cc2)CC(CBr)O1. The predicted molar refractivity (Wildman–Crippen MR) is 83.6 cm³/mol. The number of amides is 1. The van der Waals surface area contributed by atoms with Crippen molar-refractivity contribution in [2.45, 2.75) is 24.0 Å². The second-order valence-corrected chi connectivity index (χ2v) is 7.89. The number of carbonyl (C=O) groups is 1. The van der Waals surface area contributed by atoms with Crippen LogP contribution in [0, 0.1) is 0 Å². The van der Waals surface area contributed by atoms with E-state index in [0.717, 1.165) is 6.26 Å². The first kappa shape index (κ1) is 16.5. The highest BCUT2D eigenvalue weighted by Crippen LogP contribution is 2.17. The maximum atomic E-state index is 12.5. The molecule has 0 bridgehead atoms. The summed E-state index contributed by atoms with van der Waals surface area (Å²) < 4.78 is 28.5. The molecule has 2 rings (SSSR count). The number of carbonyl (C=O) groups excluding carboxylic acids is 1. The van der Waals surface area contributed by atoms with Gasteiger partial charge in [-0.1, -0.05) is 15.9 Å². The lowest BCUT2D eigenvalue weighted by Crippen LogP contribution is -2.49. The Kier molecular flexibility index (Phi) is 5.06. The van der Waals surface area contributed by atoms with E-state index in [9.17, 15) is 13.2 Å². The van der Waals surface area contributed by atoms with E-state index in [1.54, 1.807) is 17.0 Å². The number of hydrogen-bond donors (Lipinski definition) is 0. The molecule has 0 N–H and O–H groups in total. The molecule has 2 unspecified atom stereocenters. The zero-order chi connectivity index (χ0) is 15.6. The molecule has 0 aliphatic carbocycles. The van der Waals surface area contributed by atoms with Crippen molar-refractivity contribution in [3.05, 3.63) is 29.8 Å². The minimum atomic E-state index is -3.24. The van der Waals surface area contributed by atoms with Gasteiger partial charge in [-0.2, -0.15) is 0 Å². The van der Waals surface area contributed by atoms with Crippen LogP contribution in [0.1, 0.15) is 17.3 Å². The van der Waals surface area contributed by atoms with Gasteiger partial charge >= 0.3 is 0 Å². The zero-order valence-corrected chi connectivity index (χ0v) is 14.4. The fourth-order valence-electron chi connectivity index (χ4n) is 2.32. The van der Waals surface area contributed by atoms with Crippen molar-refractivity contribution in [2.24, 2.45) is 0 Å². The van der Waals surface area contributed by atoms with E-state index in [2.05, 4.69) is 15.9 Å². The number of nitrogens with zero attached hydrogens (tertiary/aromatic N) is 1. The minimum absolute atomic E-state index is 0.0134. The average Bonchev–Trinajstić information content (AvgIpc) is 2.45. The van der Waals surface area contributed by atoms with E-state index >= 15 is 0 Å². The van der Waals surface area contributed by atoms with E-state index in [0.29, 0.717) is 24.0 Å². The number of alkyl halides is 1. The standard InChI is InChI=1S/C14H18BrNO4S/c1-10-8-16(9-12(7-15)20-10)14(17)11-3-5-13(6-4-11)21(2,18)19/h3-6,10,12H,7-9H2,1-2H3. The first-order valence-electron chi connectivity index (χ1n) is 6.62. The van der Waals surface area contributed by atoms with Crippen LogP contribution in [0.2, 0.25) is 0 Å². The Labute approximate surface area is 133 Å². The van der Waals surface area contributed by atoms with Crippen LogP contribution in [0.4, 0.5) is 0 Å². The van der Waals surface area contributed by atoms with Gasteiger partial charge in [-0.05, 0) is 31.2 Å². The summed E-state index contributed by atoms with van der Waals surface area (Å²) in [5, 5.41) is 0.675. The van der Waals surface area contributed by atoms with Crippen LogP contribution in [-0.4, -0.2) is 56.1 Å². The molecule has 1 aliphatic heterocycles. The van der Waals surface area contributed by atoms with Gasteiger partial charge in [0.1, 0.15) is 0 Å². The summed E-state index contributed by atoms with van der Waals surface area (Å²) in [4.78, 5) is 14.4. The first-order chi connectivity index (χ1) is 9.81. The van der Waals surface area contributed by atoms with Crippen molar-refractivity contribution in [2.75, 3.05) is 24.7 Å². The van der Waals surface area contributed by atoms with Crippen LogP contribution in [-0.2, 0) is 14.6 Å². The van der Waals surface area contributed by atoms with E-state index in [4.69, 9.17) is 4.74 Å². The molecule has 1 aromatic carbocycles. The van der Waals surface area contributed by atoms with Crippen LogP contribution < -0.4 is 0 Å². The highest BCUT2D eigenvalue weighted by molar-refractivity contribution is 9.09. The van der Waals surface area contributed by atoms with Crippen molar-refractivity contribution in [3.63, 3.8) is 0 Å². The molecule has 7 heteroatoms. The Hall–Kier alpha value is -0.920. The third-order valence-electron chi connectivity index (χ3n) is 3.32. The number of ether oxygens (including phenoxy) is 1. The minimum Gasteiger partial charge on any atom is -0.371 e. The maximum Gasteiger partial charge on any atom is 0.254 e. The molecule has 116 valence electrons. The van der Waals surface area contributed by atoms with Crippen molar-refractivity contribution in [1.82, 2.24) is 4.90 Å². The fourth-order valence-corrected chi connectivity index (χ4v) is 3.31. The molecule has 1 saturated heterocycles. The van der Waals surface area contributed by atoms with Crippen molar-refractivity contribution < 1.29 is 17.9 Å². The first-order valence-corrected chi connectivity index (χ1v) is 9.63. The highest BCUT2D eigenvalue weighted by Gasteiger charge is 2.28. The third-order valence-corrected chi connectivity index (χ3v) is 5.17. The second kappa shape index (κ2) is 6.46. The predicted octanol–water partition coefficient (Wildman–Crippen LogP) is 1.71. The molecule has 1 amide bonds. The molecular weight excluding hydrogens is 358 g/mol. The van der Waals surface area contributed by atoms with Gasteiger partial charge in [0.15, 0.2) is 9.84 Å². The number of morpholine rings is 1. The third kappa shape index (κ3) is 4.05. The number of benzene rings is 1. The second-order valence-electron chi connectivity index (χ2n) is 5.23. The molecular formula is C14H18BrNO4S. The Balaban J connectivity index is 2.16. The fraction of sp³-hybridized carbons (Fsp3) is 0.500. The van der Waals surface area contributed by atoms with Gasteiger partial charge in [0.05, 0.1) is 17.1 Å². The summed E-state index contributed by atoms with van der Waals surface area (Å²) in [5.41, 5.74) is 0.491. The van der Waals surface area contributed by atoms with Crippen LogP contribution >= 0.6 is 15.9 Å². The van der Waals surface area contributed by atoms with Crippen molar-refractivity contribution in [3.8, 4) is 0 Å². The Morgan fingerprint density at radius 2 is 1.95 bits per heavy atom. The zero-order valence-electron chi connectivity index (χ0n) is 12.0. The summed E-state index contributed by atoms with van der Waals surface area (Å²) in [7, 11) is -3.24. The van der Waals surface area contributed by atoms with Gasteiger partial charge in [-0.25, -0.2) is 8.42 Å². The quantitative estimate of drug-likeness (QED) is 0.754. The van der Waals surface area contributed by atoms with Gasteiger partial charge in [0, 0.05) is 30.2 Å². The van der Waals surface area contributed by atoms with Gasteiger partial charge in [0.25, 0.3) is 5.91 Å².